The Balaban J connectivity index is 0.000000267. The maximum atomic E-state index is 11.8. The molecular weight excluding hydrogens is 562 g/mol. The first-order valence-electron chi connectivity index (χ1n) is 12.8. The van der Waals surface area contributed by atoms with Crippen LogP contribution in [0, 0.1) is 11.8 Å². The number of hydrogen-bond acceptors (Lipinski definition) is 8. The van der Waals surface area contributed by atoms with Gasteiger partial charge in [-0.2, -0.15) is 0 Å². The van der Waals surface area contributed by atoms with Crippen molar-refractivity contribution in [3.63, 3.8) is 0 Å². The van der Waals surface area contributed by atoms with Gasteiger partial charge in [0, 0.05) is 49.3 Å². The zero-order valence-electron chi connectivity index (χ0n) is 23.3. The molecule has 7 N–H and O–H groups in total. The quantitative estimate of drug-likeness (QED) is 0.269. The van der Waals surface area contributed by atoms with Crippen molar-refractivity contribution in [2.45, 2.75) is 70.3 Å². The van der Waals surface area contributed by atoms with Gasteiger partial charge in [-0.1, -0.05) is 0 Å². The third kappa shape index (κ3) is 7.24. The Morgan fingerprint density at radius 2 is 1.25 bits per heavy atom. The van der Waals surface area contributed by atoms with E-state index in [9.17, 15) is 29.1 Å². The number of anilines is 2. The maximum absolute atomic E-state index is 11.8. The Morgan fingerprint density at radius 1 is 0.775 bits per heavy atom. The molecule has 207 valence electrons. The molecule has 0 saturated heterocycles. The summed E-state index contributed by atoms with van der Waals surface area (Å²) in [6.07, 6.45) is 6.44. The fourth-order valence-corrected chi connectivity index (χ4v) is 7.45. The van der Waals surface area contributed by atoms with Gasteiger partial charge in [0.2, 0.25) is 11.8 Å². The van der Waals surface area contributed by atoms with Crippen molar-refractivity contribution >= 4 is 70.5 Å². The van der Waals surface area contributed by atoms with Gasteiger partial charge in [-0.3, -0.25) is 24.0 Å². The van der Waals surface area contributed by atoms with E-state index in [0.717, 1.165) is 46.6 Å². The number of Topliss-reactive ketones (excluding diaryl/α,β-unsaturated/α-hetero) is 1. The molecule has 2 aromatic rings. The summed E-state index contributed by atoms with van der Waals surface area (Å²) in [5, 5.41) is 16.4. The minimum Gasteiger partial charge on any atom is -1.00 e. The summed E-state index contributed by atoms with van der Waals surface area (Å²) < 4.78 is 0. The first kappa shape index (κ1) is 32.5. The number of hydrogen-bond donors (Lipinski definition) is 5. The summed E-state index contributed by atoms with van der Waals surface area (Å²) in [5.74, 6) is -0.774. The van der Waals surface area contributed by atoms with Crippen molar-refractivity contribution in [2.24, 2.45) is 23.3 Å². The zero-order chi connectivity index (χ0) is 27.1. The number of aliphatic hydroxyl groups is 1. The molecule has 0 aliphatic heterocycles. The van der Waals surface area contributed by atoms with Crippen molar-refractivity contribution in [3.8, 4) is 0 Å². The molecule has 1 atom stereocenters. The molecule has 2 heterocycles. The van der Waals surface area contributed by atoms with Gasteiger partial charge in [-0.05, 0) is 56.1 Å². The largest absolute Gasteiger partial charge is 1.00 e. The van der Waals surface area contributed by atoms with E-state index in [2.05, 4.69) is 10.6 Å². The molecule has 40 heavy (non-hydrogen) atoms. The van der Waals surface area contributed by atoms with Crippen LogP contribution in [0.15, 0.2) is 0 Å². The van der Waals surface area contributed by atoms with Crippen LogP contribution in [-0.2, 0) is 40.1 Å². The predicted octanol–water partition coefficient (Wildman–Crippen LogP) is -0.966. The van der Waals surface area contributed by atoms with Crippen molar-refractivity contribution in [2.75, 3.05) is 10.6 Å². The number of carbonyl (C=O) groups excluding carboxylic acids is 5. The van der Waals surface area contributed by atoms with Gasteiger partial charge >= 0.3 is 29.6 Å². The summed E-state index contributed by atoms with van der Waals surface area (Å²) >= 11 is 2.69. The third-order valence-corrected chi connectivity index (χ3v) is 9.52. The standard InChI is InChI=1S/C13H16N2O3S.C13H14N2O3S.B.Na.H/c2*14-11(17)10-8-4-3-7(16)5-9(8)19-13(10)15-12(18)6-1-2-6;;;/h6-7,16H,1-5H2,(H2,14,17)(H,15,18);6H,1-5H2,(H2,14,17)(H,15,18);;;/q;;;+1;-1. The fraction of sp³-hybridized carbons (Fsp3) is 0.500. The zero-order valence-corrected chi connectivity index (χ0v) is 26.0. The number of aliphatic hydroxyl groups excluding tert-OH is 1. The van der Waals surface area contributed by atoms with Crippen molar-refractivity contribution in [3.05, 3.63) is 32.0 Å². The van der Waals surface area contributed by atoms with Gasteiger partial charge in [0.05, 0.1) is 17.2 Å². The molecule has 10 nitrogen and oxygen atoms in total. The van der Waals surface area contributed by atoms with Gasteiger partial charge in [-0.15, -0.1) is 22.7 Å². The van der Waals surface area contributed by atoms with E-state index < -0.39 is 11.8 Å². The van der Waals surface area contributed by atoms with Crippen LogP contribution in [0.4, 0.5) is 10.0 Å². The minimum absolute atomic E-state index is 0. The van der Waals surface area contributed by atoms with Gasteiger partial charge in [0.1, 0.15) is 15.8 Å². The summed E-state index contributed by atoms with van der Waals surface area (Å²) in [7, 11) is 0. The van der Waals surface area contributed by atoms with Gasteiger partial charge < -0.3 is 28.6 Å². The second-order valence-electron chi connectivity index (χ2n) is 10.3. The molecule has 0 spiro atoms. The third-order valence-electron chi connectivity index (χ3n) is 7.20. The molecule has 1 unspecified atom stereocenters. The Labute approximate surface area is 265 Å². The first-order valence-corrected chi connectivity index (χ1v) is 14.5. The average molecular weight is 593 g/mol. The van der Waals surface area contributed by atoms with E-state index in [4.69, 9.17) is 11.5 Å². The normalized spacial score (nSPS) is 18.9. The number of nitrogens with two attached hydrogens (primary N) is 2. The van der Waals surface area contributed by atoms with Gasteiger partial charge in [0.25, 0.3) is 11.8 Å². The second-order valence-corrected chi connectivity index (χ2v) is 12.5. The number of primary amides is 2. The summed E-state index contributed by atoms with van der Waals surface area (Å²) in [4.78, 5) is 60.1. The average Bonchev–Trinajstić information content (AvgIpc) is 3.77. The van der Waals surface area contributed by atoms with Crippen LogP contribution in [0.1, 0.15) is 81.5 Å². The van der Waals surface area contributed by atoms with Gasteiger partial charge in [-0.25, -0.2) is 0 Å². The molecule has 4 aliphatic carbocycles. The summed E-state index contributed by atoms with van der Waals surface area (Å²) in [6.45, 7) is 0. The van der Waals surface area contributed by atoms with E-state index in [1.54, 1.807) is 0 Å². The molecule has 14 heteroatoms. The van der Waals surface area contributed by atoms with Crippen molar-refractivity contribution < 1.29 is 60.1 Å². The van der Waals surface area contributed by atoms with Crippen LogP contribution in [0.25, 0.3) is 0 Å². The maximum Gasteiger partial charge on any atom is 1.00 e. The van der Waals surface area contributed by atoms with Gasteiger partial charge in [0.15, 0.2) is 0 Å². The monoisotopic (exact) mass is 593 g/mol. The number of amides is 4. The number of fused-ring (bicyclic) bond motifs is 2. The van der Waals surface area contributed by atoms with E-state index in [1.807, 2.05) is 0 Å². The molecule has 6 rings (SSSR count). The Morgan fingerprint density at radius 3 is 1.73 bits per heavy atom. The van der Waals surface area contributed by atoms with E-state index in [0.29, 0.717) is 59.7 Å². The molecule has 0 bridgehead atoms. The van der Waals surface area contributed by atoms with E-state index in [-0.39, 0.29) is 74.9 Å². The number of thiophene rings is 2. The van der Waals surface area contributed by atoms with Crippen LogP contribution in [0.3, 0.4) is 0 Å². The molecule has 4 aliphatic rings. The molecule has 0 aromatic carbocycles. The topological polar surface area (TPSA) is 182 Å². The molecule has 2 fully saturated rings. The number of rotatable bonds is 6. The summed E-state index contributed by atoms with van der Waals surface area (Å²) in [6, 6.07) is 0. The van der Waals surface area contributed by atoms with Crippen LogP contribution >= 0.6 is 22.7 Å². The van der Waals surface area contributed by atoms with E-state index >= 15 is 0 Å². The first-order chi connectivity index (χ1) is 18.1. The molecule has 2 aromatic heterocycles. The van der Waals surface area contributed by atoms with Crippen LogP contribution in [0.2, 0.25) is 0 Å². The molecule has 4 amide bonds. The van der Waals surface area contributed by atoms with Crippen molar-refractivity contribution in [1.82, 2.24) is 0 Å². The van der Waals surface area contributed by atoms with Crippen LogP contribution < -0.4 is 51.7 Å². The SMILES string of the molecule is NC(=O)c1c(NC(=O)C2CC2)sc2c1CCC(=O)C2.NC(=O)c1c(NC(=O)C2CC2)sc2c1CCC(O)C2.[B].[H-].[Na+]. The molecular formula is C26H31BN4NaO6S2. The number of ketones is 1. The summed E-state index contributed by atoms with van der Waals surface area (Å²) in [5.41, 5.74) is 13.5. The molecule has 3 radical (unpaired) electrons. The Hall–Kier alpha value is -2.03. The Bertz CT molecular complexity index is 1360. The number of nitrogens with one attached hydrogen (secondary N) is 2. The van der Waals surface area contributed by atoms with Crippen molar-refractivity contribution in [1.29, 1.82) is 0 Å². The Kier molecular flexibility index (Phi) is 10.8. The molecule has 2 saturated carbocycles. The smallest absolute Gasteiger partial charge is 1.00 e. The van der Waals surface area contributed by atoms with E-state index in [1.165, 1.54) is 22.7 Å². The minimum atomic E-state index is -0.530. The predicted molar refractivity (Wildman–Crippen MR) is 150 cm³/mol. The number of carbonyl (C=O) groups is 5. The second kappa shape index (κ2) is 13.3. The fourth-order valence-electron chi connectivity index (χ4n) is 4.84. The van der Waals surface area contributed by atoms with Crippen LogP contribution in [-0.4, -0.2) is 49.0 Å². The van der Waals surface area contributed by atoms with Crippen LogP contribution in [0.5, 0.6) is 0 Å².